The normalized spacial score (nSPS) is 10.6. The largest absolute Gasteiger partial charge is 0.347 e. The first-order valence-electron chi connectivity index (χ1n) is 5.42. The lowest BCUT2D eigenvalue weighted by molar-refractivity contribution is -0.129. The summed E-state index contributed by atoms with van der Waals surface area (Å²) in [5.41, 5.74) is -0.753. The molecule has 0 spiro atoms. The fourth-order valence-electron chi connectivity index (χ4n) is 1.63. The summed E-state index contributed by atoms with van der Waals surface area (Å²) in [5.74, 6) is -0.261. The van der Waals surface area contributed by atoms with Crippen LogP contribution in [0.1, 0.15) is 0 Å². The Morgan fingerprint density at radius 2 is 1.83 bits per heavy atom. The third-order valence-corrected chi connectivity index (χ3v) is 2.68. The molecule has 0 saturated heterocycles. The third kappa shape index (κ3) is 2.04. The Morgan fingerprint density at radius 3 is 2.44 bits per heavy atom. The number of H-pyrrole nitrogens is 1. The first kappa shape index (κ1) is 12.1. The van der Waals surface area contributed by atoms with Crippen molar-refractivity contribution in [1.29, 1.82) is 0 Å². The minimum Gasteiger partial charge on any atom is -0.347 e. The van der Waals surface area contributed by atoms with Crippen molar-refractivity contribution in [3.63, 3.8) is 0 Å². The molecular formula is C12H13N3O3. The summed E-state index contributed by atoms with van der Waals surface area (Å²) in [7, 11) is 3.18. The molecule has 0 atom stereocenters. The number of hydrogen-bond donors (Lipinski definition) is 1. The minimum absolute atomic E-state index is 0.175. The second-order valence-electron chi connectivity index (χ2n) is 4.17. The van der Waals surface area contributed by atoms with Gasteiger partial charge in [-0.3, -0.25) is 19.5 Å². The third-order valence-electron chi connectivity index (χ3n) is 2.68. The highest BCUT2D eigenvalue weighted by Gasteiger charge is 2.10. The van der Waals surface area contributed by atoms with Crippen LogP contribution in [0.4, 0.5) is 0 Å². The lowest BCUT2D eigenvalue weighted by atomic mass is 10.2. The SMILES string of the molecule is CN(C)C(=O)Cn1[nH]c(=O)c2ccccc2c1=O. The summed E-state index contributed by atoms with van der Waals surface area (Å²) in [6.45, 7) is -0.175. The first-order chi connectivity index (χ1) is 8.50. The number of amides is 1. The van der Waals surface area contributed by atoms with Crippen molar-refractivity contribution in [2.24, 2.45) is 0 Å². The molecule has 1 aromatic carbocycles. The van der Waals surface area contributed by atoms with E-state index in [9.17, 15) is 14.4 Å². The second kappa shape index (κ2) is 4.48. The molecule has 0 aliphatic carbocycles. The van der Waals surface area contributed by atoms with Crippen LogP contribution >= 0.6 is 0 Å². The van der Waals surface area contributed by atoms with Crippen LogP contribution in [0, 0.1) is 0 Å². The number of carbonyl (C=O) groups excluding carboxylic acids is 1. The monoisotopic (exact) mass is 247 g/mol. The quantitative estimate of drug-likeness (QED) is 0.797. The van der Waals surface area contributed by atoms with Crippen LogP contribution in [0.15, 0.2) is 33.9 Å². The van der Waals surface area contributed by atoms with E-state index in [2.05, 4.69) is 5.10 Å². The molecule has 0 aliphatic rings. The van der Waals surface area contributed by atoms with Crippen LogP contribution < -0.4 is 11.1 Å². The van der Waals surface area contributed by atoms with Gasteiger partial charge in [0.1, 0.15) is 6.54 Å². The van der Waals surface area contributed by atoms with Gasteiger partial charge in [0.25, 0.3) is 11.1 Å². The lowest BCUT2D eigenvalue weighted by Crippen LogP contribution is -2.36. The summed E-state index contributed by atoms with van der Waals surface area (Å²) < 4.78 is 1.03. The fraction of sp³-hybridized carbons (Fsp3) is 0.250. The van der Waals surface area contributed by atoms with Crippen molar-refractivity contribution in [2.75, 3.05) is 14.1 Å². The maximum Gasteiger partial charge on any atom is 0.273 e. The highest BCUT2D eigenvalue weighted by molar-refractivity contribution is 5.81. The van der Waals surface area contributed by atoms with Crippen molar-refractivity contribution in [1.82, 2.24) is 14.7 Å². The van der Waals surface area contributed by atoms with Crippen molar-refractivity contribution in [3.05, 3.63) is 45.0 Å². The molecular weight excluding hydrogens is 234 g/mol. The van der Waals surface area contributed by atoms with Gasteiger partial charge in [0.15, 0.2) is 0 Å². The van der Waals surface area contributed by atoms with E-state index in [0.717, 1.165) is 4.68 Å². The molecule has 0 saturated carbocycles. The number of nitrogens with zero attached hydrogens (tertiary/aromatic N) is 2. The smallest absolute Gasteiger partial charge is 0.273 e. The van der Waals surface area contributed by atoms with Crippen LogP contribution in [-0.4, -0.2) is 34.7 Å². The molecule has 0 fully saturated rings. The molecule has 0 bridgehead atoms. The summed E-state index contributed by atoms with van der Waals surface area (Å²) in [4.78, 5) is 36.7. The van der Waals surface area contributed by atoms with Gasteiger partial charge in [0.05, 0.1) is 10.8 Å². The molecule has 0 unspecified atom stereocenters. The highest BCUT2D eigenvalue weighted by Crippen LogP contribution is 2.02. The van der Waals surface area contributed by atoms with Gasteiger partial charge in [0.2, 0.25) is 5.91 Å². The van der Waals surface area contributed by atoms with E-state index in [4.69, 9.17) is 0 Å². The molecule has 1 aromatic heterocycles. The molecule has 1 amide bonds. The number of hydrogen-bond acceptors (Lipinski definition) is 3. The average molecular weight is 247 g/mol. The Morgan fingerprint density at radius 1 is 1.22 bits per heavy atom. The Kier molecular flexibility index (Phi) is 3.01. The topological polar surface area (TPSA) is 75.2 Å². The number of fused-ring (bicyclic) bond motifs is 1. The van der Waals surface area contributed by atoms with Crippen LogP contribution in [0.5, 0.6) is 0 Å². The number of aromatic nitrogens is 2. The molecule has 6 nitrogen and oxygen atoms in total. The summed E-state index contributed by atoms with van der Waals surface area (Å²) in [5, 5.41) is 3.05. The average Bonchev–Trinajstić information content (AvgIpc) is 2.35. The molecule has 18 heavy (non-hydrogen) atoms. The molecule has 94 valence electrons. The van der Waals surface area contributed by atoms with Gasteiger partial charge < -0.3 is 4.90 Å². The molecule has 0 radical (unpaired) electrons. The number of rotatable bonds is 2. The second-order valence-corrected chi connectivity index (χ2v) is 4.17. The van der Waals surface area contributed by atoms with Crippen LogP contribution in [-0.2, 0) is 11.3 Å². The highest BCUT2D eigenvalue weighted by atomic mass is 16.2. The van der Waals surface area contributed by atoms with Crippen LogP contribution in [0.3, 0.4) is 0 Å². The number of benzene rings is 1. The molecule has 1 heterocycles. The number of carbonyl (C=O) groups is 1. The Bertz CT molecular complexity index is 712. The van der Waals surface area contributed by atoms with Crippen molar-refractivity contribution >= 4 is 16.7 Å². The maximum atomic E-state index is 12.1. The number of nitrogens with one attached hydrogen (secondary N) is 1. The standard InChI is InChI=1S/C12H13N3O3/c1-14(2)10(16)7-15-12(18)9-6-4-3-5-8(9)11(17)13-15/h3-6H,7H2,1-2H3,(H,13,17). The van der Waals surface area contributed by atoms with Crippen LogP contribution in [0.25, 0.3) is 10.8 Å². The van der Waals surface area contributed by atoms with E-state index in [1.807, 2.05) is 0 Å². The van der Waals surface area contributed by atoms with Crippen molar-refractivity contribution in [2.45, 2.75) is 6.54 Å². The summed E-state index contributed by atoms with van der Waals surface area (Å²) >= 11 is 0. The molecule has 2 aromatic rings. The van der Waals surface area contributed by atoms with Crippen molar-refractivity contribution < 1.29 is 4.79 Å². The zero-order valence-electron chi connectivity index (χ0n) is 10.1. The molecule has 1 N–H and O–H groups in total. The summed E-state index contributed by atoms with van der Waals surface area (Å²) in [6, 6.07) is 6.52. The van der Waals surface area contributed by atoms with E-state index in [1.165, 1.54) is 4.90 Å². The van der Waals surface area contributed by atoms with Crippen molar-refractivity contribution in [3.8, 4) is 0 Å². The minimum atomic E-state index is -0.378. The van der Waals surface area contributed by atoms with Gasteiger partial charge in [-0.1, -0.05) is 12.1 Å². The first-order valence-corrected chi connectivity index (χ1v) is 5.42. The Labute approximate surface area is 102 Å². The summed E-state index contributed by atoms with van der Waals surface area (Å²) in [6.07, 6.45) is 0. The van der Waals surface area contributed by atoms with Gasteiger partial charge in [-0.15, -0.1) is 0 Å². The Hall–Kier alpha value is -2.37. The van der Waals surface area contributed by atoms with Gasteiger partial charge in [-0.2, -0.15) is 0 Å². The van der Waals surface area contributed by atoms with E-state index in [0.29, 0.717) is 10.8 Å². The predicted molar refractivity (Wildman–Crippen MR) is 67.5 cm³/mol. The van der Waals surface area contributed by atoms with Gasteiger partial charge in [0, 0.05) is 14.1 Å². The van der Waals surface area contributed by atoms with Crippen LogP contribution in [0.2, 0.25) is 0 Å². The molecule has 6 heteroatoms. The van der Waals surface area contributed by atoms with Gasteiger partial charge >= 0.3 is 0 Å². The van der Waals surface area contributed by atoms with Gasteiger partial charge in [-0.25, -0.2) is 4.68 Å². The van der Waals surface area contributed by atoms with E-state index >= 15 is 0 Å². The molecule has 0 aliphatic heterocycles. The maximum absolute atomic E-state index is 12.1. The lowest BCUT2D eigenvalue weighted by Gasteiger charge is -2.11. The zero-order valence-corrected chi connectivity index (χ0v) is 10.1. The van der Waals surface area contributed by atoms with E-state index in [-0.39, 0.29) is 23.6 Å². The zero-order chi connectivity index (χ0) is 13.3. The van der Waals surface area contributed by atoms with Gasteiger partial charge in [-0.05, 0) is 12.1 Å². The van der Waals surface area contributed by atoms with E-state index in [1.54, 1.807) is 38.4 Å². The number of aromatic amines is 1. The van der Waals surface area contributed by atoms with E-state index < -0.39 is 0 Å². The fourth-order valence-corrected chi connectivity index (χ4v) is 1.63. The number of likely N-dealkylation sites (N-methyl/N-ethyl adjacent to an activating group) is 1. The molecule has 2 rings (SSSR count). The Balaban J connectivity index is 2.61. The predicted octanol–water partition coefficient (Wildman–Crippen LogP) is -0.222.